The van der Waals surface area contributed by atoms with E-state index in [4.69, 9.17) is 21.4 Å². The van der Waals surface area contributed by atoms with Crippen molar-refractivity contribution in [1.82, 2.24) is 10.2 Å². The number of aromatic nitrogens is 2. The van der Waals surface area contributed by atoms with Crippen LogP contribution in [-0.2, 0) is 6.61 Å². The van der Waals surface area contributed by atoms with Gasteiger partial charge in [-0.25, -0.2) is 0 Å². The largest absolute Gasteiger partial charge is 0.486 e. The molecule has 0 aliphatic carbocycles. The zero-order valence-corrected chi connectivity index (χ0v) is 15.2. The van der Waals surface area contributed by atoms with Crippen LogP contribution in [0.5, 0.6) is 5.75 Å². The lowest BCUT2D eigenvalue weighted by molar-refractivity contribution is 0.304. The van der Waals surface area contributed by atoms with Crippen molar-refractivity contribution in [2.45, 2.75) is 40.2 Å². The molecule has 4 nitrogen and oxygen atoms in total. The molecule has 0 aliphatic heterocycles. The minimum Gasteiger partial charge on any atom is -0.486 e. The monoisotopic (exact) mass is 346 g/mol. The lowest BCUT2D eigenvalue weighted by Crippen LogP contribution is -1.95. The Balaban J connectivity index is 1.83. The molecule has 2 aromatic heterocycles. The Hall–Kier alpha value is -1.79. The van der Waals surface area contributed by atoms with E-state index in [2.05, 4.69) is 31.0 Å². The predicted octanol–water partition coefficient (Wildman–Crippen LogP) is 5.33. The fraction of sp³-hybridized carbons (Fsp3) is 0.353. The number of fused-ring (bicyclic) bond motifs is 1. The first-order chi connectivity index (χ1) is 11.0. The van der Waals surface area contributed by atoms with E-state index in [0.29, 0.717) is 17.2 Å². The van der Waals surface area contributed by atoms with Crippen LogP contribution < -0.4 is 4.74 Å². The van der Waals surface area contributed by atoms with Gasteiger partial charge in [-0.1, -0.05) is 25.2 Å². The second-order valence-corrected chi connectivity index (χ2v) is 7.24. The van der Waals surface area contributed by atoms with Crippen molar-refractivity contribution in [2.75, 3.05) is 0 Å². The van der Waals surface area contributed by atoms with Gasteiger partial charge in [0, 0.05) is 22.9 Å². The molecule has 0 atom stereocenters. The number of ether oxygens (including phenoxy) is 1. The van der Waals surface area contributed by atoms with Crippen LogP contribution in [0.2, 0.25) is 0 Å². The van der Waals surface area contributed by atoms with Crippen molar-refractivity contribution >= 4 is 34.5 Å². The predicted molar refractivity (Wildman–Crippen MR) is 94.9 cm³/mol. The van der Waals surface area contributed by atoms with Crippen LogP contribution in [0.4, 0.5) is 0 Å². The van der Waals surface area contributed by atoms with E-state index in [9.17, 15) is 0 Å². The first-order valence-electron chi connectivity index (χ1n) is 7.45. The summed E-state index contributed by atoms with van der Waals surface area (Å²) in [5, 5.41) is 11.3. The van der Waals surface area contributed by atoms with Crippen molar-refractivity contribution in [3.05, 3.63) is 44.0 Å². The molecule has 0 aliphatic rings. The summed E-state index contributed by atoms with van der Waals surface area (Å²) in [6, 6.07) is 5.82. The van der Waals surface area contributed by atoms with Gasteiger partial charge in [-0.2, -0.15) is 0 Å². The second-order valence-electron chi connectivity index (χ2n) is 5.77. The third kappa shape index (κ3) is 3.28. The normalized spacial score (nSPS) is 11.3. The van der Waals surface area contributed by atoms with Gasteiger partial charge >= 0.3 is 0 Å². The third-order valence-corrected chi connectivity index (χ3v) is 5.35. The Morgan fingerprint density at radius 2 is 2.00 bits per heavy atom. The molecule has 1 aromatic carbocycles. The molecular weight excluding hydrogens is 328 g/mol. The zero-order valence-electron chi connectivity index (χ0n) is 13.5. The summed E-state index contributed by atoms with van der Waals surface area (Å²) in [6.07, 6.45) is 0. The van der Waals surface area contributed by atoms with Crippen molar-refractivity contribution in [3.63, 3.8) is 0 Å². The number of aryl methyl sites for hydroxylation is 1. The summed E-state index contributed by atoms with van der Waals surface area (Å²) < 4.78 is 12.1. The van der Waals surface area contributed by atoms with Gasteiger partial charge in [0.2, 0.25) is 0 Å². The molecule has 23 heavy (non-hydrogen) atoms. The van der Waals surface area contributed by atoms with E-state index in [0.717, 1.165) is 37.9 Å². The average molecular weight is 346 g/mol. The van der Waals surface area contributed by atoms with Crippen LogP contribution in [0.25, 0.3) is 11.0 Å². The molecule has 0 spiro atoms. The van der Waals surface area contributed by atoms with Gasteiger partial charge in [-0.3, -0.25) is 0 Å². The van der Waals surface area contributed by atoms with Crippen LogP contribution >= 0.6 is 23.6 Å². The summed E-state index contributed by atoms with van der Waals surface area (Å²) in [5.41, 5.74) is 2.90. The van der Waals surface area contributed by atoms with E-state index in [-0.39, 0.29) is 0 Å². The molecule has 3 aromatic rings. The molecule has 0 fully saturated rings. The van der Waals surface area contributed by atoms with Crippen LogP contribution in [0, 0.1) is 18.6 Å². The van der Waals surface area contributed by atoms with Gasteiger partial charge in [0.05, 0.1) is 0 Å². The Kier molecular flexibility index (Phi) is 4.46. The van der Waals surface area contributed by atoms with Gasteiger partial charge in [0.1, 0.15) is 22.9 Å². The topological polar surface area (TPSA) is 48.2 Å². The fourth-order valence-corrected chi connectivity index (χ4v) is 3.22. The van der Waals surface area contributed by atoms with Gasteiger partial charge in [0.25, 0.3) is 0 Å². The molecule has 6 heteroatoms. The standard InChI is InChI=1S/C17H18N2O2S2/c1-9(2)16-19-18-15(23-16)8-20-12-5-6-13-10(3)11(4)17(22)21-14(13)7-12/h5-7,9H,8H2,1-4H3. The molecule has 0 saturated heterocycles. The molecular formula is C17H18N2O2S2. The van der Waals surface area contributed by atoms with Crippen LogP contribution in [0.3, 0.4) is 0 Å². The molecule has 0 unspecified atom stereocenters. The van der Waals surface area contributed by atoms with E-state index in [1.54, 1.807) is 11.3 Å². The lowest BCUT2D eigenvalue weighted by Gasteiger charge is -2.08. The first kappa shape index (κ1) is 16.1. The minimum absolute atomic E-state index is 0.386. The Labute approximate surface area is 144 Å². The Morgan fingerprint density at radius 1 is 1.22 bits per heavy atom. The number of rotatable bonds is 4. The maximum atomic E-state index is 5.82. The molecule has 0 amide bonds. The van der Waals surface area contributed by atoms with Crippen LogP contribution in [0.1, 0.15) is 40.9 Å². The van der Waals surface area contributed by atoms with Crippen molar-refractivity contribution in [1.29, 1.82) is 0 Å². The fourth-order valence-electron chi connectivity index (χ4n) is 2.22. The molecule has 2 heterocycles. The summed E-state index contributed by atoms with van der Waals surface area (Å²) in [5.74, 6) is 1.12. The van der Waals surface area contributed by atoms with Crippen molar-refractivity contribution < 1.29 is 9.15 Å². The highest BCUT2D eigenvalue weighted by molar-refractivity contribution is 7.71. The van der Waals surface area contributed by atoms with E-state index < -0.39 is 0 Å². The number of benzene rings is 1. The van der Waals surface area contributed by atoms with Gasteiger partial charge in [-0.15, -0.1) is 10.2 Å². The van der Waals surface area contributed by atoms with Crippen molar-refractivity contribution in [3.8, 4) is 5.75 Å². The number of nitrogens with zero attached hydrogens (tertiary/aromatic N) is 2. The quantitative estimate of drug-likeness (QED) is 0.597. The smallest absolute Gasteiger partial charge is 0.193 e. The SMILES string of the molecule is Cc1c(C)c2ccc(OCc3nnc(C(C)C)s3)cc2oc1=S. The number of hydrogen-bond donors (Lipinski definition) is 0. The van der Waals surface area contributed by atoms with Gasteiger partial charge in [-0.05, 0) is 43.8 Å². The molecule has 3 rings (SSSR count). The summed E-state index contributed by atoms with van der Waals surface area (Å²) in [7, 11) is 0. The highest BCUT2D eigenvalue weighted by Crippen LogP contribution is 2.27. The van der Waals surface area contributed by atoms with Crippen LogP contribution in [-0.4, -0.2) is 10.2 Å². The summed E-state index contributed by atoms with van der Waals surface area (Å²) in [4.78, 5) is 0. The first-order valence-corrected chi connectivity index (χ1v) is 8.67. The third-order valence-electron chi connectivity index (χ3n) is 3.77. The Morgan fingerprint density at radius 3 is 2.70 bits per heavy atom. The number of hydrogen-bond acceptors (Lipinski definition) is 6. The zero-order chi connectivity index (χ0) is 16.6. The van der Waals surface area contributed by atoms with Crippen LogP contribution in [0.15, 0.2) is 22.6 Å². The minimum atomic E-state index is 0.386. The summed E-state index contributed by atoms with van der Waals surface area (Å²) >= 11 is 6.84. The highest BCUT2D eigenvalue weighted by Gasteiger charge is 2.10. The van der Waals surface area contributed by atoms with Crippen molar-refractivity contribution in [2.24, 2.45) is 0 Å². The lowest BCUT2D eigenvalue weighted by atomic mass is 10.1. The maximum absolute atomic E-state index is 5.82. The molecule has 0 radical (unpaired) electrons. The van der Waals surface area contributed by atoms with Gasteiger partial charge < -0.3 is 9.15 Å². The van der Waals surface area contributed by atoms with E-state index >= 15 is 0 Å². The molecule has 0 bridgehead atoms. The maximum Gasteiger partial charge on any atom is 0.193 e. The summed E-state index contributed by atoms with van der Waals surface area (Å²) in [6.45, 7) is 8.64. The van der Waals surface area contributed by atoms with Gasteiger partial charge in [0.15, 0.2) is 9.71 Å². The molecule has 0 saturated carbocycles. The molecule has 120 valence electrons. The highest BCUT2D eigenvalue weighted by atomic mass is 32.1. The Bertz CT molecular complexity index is 913. The second kappa shape index (κ2) is 6.37. The van der Waals surface area contributed by atoms with E-state index in [1.807, 2.05) is 25.1 Å². The molecule has 0 N–H and O–H groups in total. The van der Waals surface area contributed by atoms with E-state index in [1.165, 1.54) is 0 Å². The average Bonchev–Trinajstić information content (AvgIpc) is 3.00.